The van der Waals surface area contributed by atoms with Crippen LogP contribution in [-0.2, 0) is 0 Å². The molecule has 0 aliphatic heterocycles. The third-order valence-electron chi connectivity index (χ3n) is 1.58. The average molecular weight is 210 g/mol. The average Bonchev–Trinajstić information content (AvgIpc) is 2.14. The highest BCUT2D eigenvalue weighted by atomic mass is 19.3. The quantitative estimate of drug-likeness (QED) is 0.565. The van der Waals surface area contributed by atoms with Crippen molar-refractivity contribution >= 4 is 6.03 Å². The highest BCUT2D eigenvalue weighted by Crippen LogP contribution is 1.98. The smallest absolute Gasteiger partial charge is 0.314 e. The lowest BCUT2D eigenvalue weighted by atomic mass is 10.3. The van der Waals surface area contributed by atoms with Crippen LogP contribution in [0.2, 0.25) is 0 Å². The van der Waals surface area contributed by atoms with E-state index in [0.29, 0.717) is 6.54 Å². The molecule has 0 heterocycles. The number of aliphatic hydroxyl groups is 1. The molecule has 84 valence electrons. The van der Waals surface area contributed by atoms with E-state index in [1.54, 1.807) is 0 Å². The molecular formula is C8H16F2N2O2. The van der Waals surface area contributed by atoms with Gasteiger partial charge in [0.25, 0.3) is 6.43 Å². The Morgan fingerprint density at radius 1 is 1.43 bits per heavy atom. The number of halogens is 2. The number of urea groups is 1. The van der Waals surface area contributed by atoms with Crippen molar-refractivity contribution < 1.29 is 18.7 Å². The predicted molar refractivity (Wildman–Crippen MR) is 48.3 cm³/mol. The lowest BCUT2D eigenvalue weighted by molar-refractivity contribution is -0.00175. The molecule has 0 aliphatic carbocycles. The first-order valence-corrected chi connectivity index (χ1v) is 4.55. The first-order chi connectivity index (χ1) is 6.57. The summed E-state index contributed by atoms with van der Waals surface area (Å²) < 4.78 is 23.5. The van der Waals surface area contributed by atoms with Crippen molar-refractivity contribution in [2.24, 2.45) is 0 Å². The Bertz CT molecular complexity index is 167. The maximum Gasteiger partial charge on any atom is 0.314 e. The summed E-state index contributed by atoms with van der Waals surface area (Å²) in [4.78, 5) is 10.9. The first kappa shape index (κ1) is 13.1. The Labute approximate surface area is 81.7 Å². The SMILES string of the molecule is CCCCNC(=O)NCC(O)C(F)F. The van der Waals surface area contributed by atoms with Crippen molar-refractivity contribution in [1.82, 2.24) is 10.6 Å². The van der Waals surface area contributed by atoms with Gasteiger partial charge in [0.2, 0.25) is 0 Å². The number of carbonyl (C=O) groups excluding carboxylic acids is 1. The van der Waals surface area contributed by atoms with Crippen molar-refractivity contribution in [2.75, 3.05) is 13.1 Å². The number of unbranched alkanes of at least 4 members (excludes halogenated alkanes) is 1. The summed E-state index contributed by atoms with van der Waals surface area (Å²) in [6, 6.07) is -0.529. The molecule has 0 bridgehead atoms. The van der Waals surface area contributed by atoms with Crippen LogP contribution in [0, 0.1) is 0 Å². The second-order valence-corrected chi connectivity index (χ2v) is 2.89. The van der Waals surface area contributed by atoms with Crippen LogP contribution in [0.1, 0.15) is 19.8 Å². The lowest BCUT2D eigenvalue weighted by Crippen LogP contribution is -2.41. The van der Waals surface area contributed by atoms with Crippen LogP contribution in [0.25, 0.3) is 0 Å². The Hall–Kier alpha value is -0.910. The van der Waals surface area contributed by atoms with Gasteiger partial charge in [-0.05, 0) is 6.42 Å². The van der Waals surface area contributed by atoms with E-state index in [4.69, 9.17) is 5.11 Å². The van der Waals surface area contributed by atoms with Gasteiger partial charge in [0.05, 0.1) is 6.54 Å². The molecule has 4 nitrogen and oxygen atoms in total. The van der Waals surface area contributed by atoms with E-state index in [2.05, 4.69) is 10.6 Å². The van der Waals surface area contributed by atoms with E-state index in [1.807, 2.05) is 6.92 Å². The lowest BCUT2D eigenvalue weighted by Gasteiger charge is -2.11. The van der Waals surface area contributed by atoms with Gasteiger partial charge in [0, 0.05) is 6.54 Å². The van der Waals surface area contributed by atoms with Crippen LogP contribution in [0.15, 0.2) is 0 Å². The number of hydrogen-bond acceptors (Lipinski definition) is 2. The van der Waals surface area contributed by atoms with Gasteiger partial charge in [-0.3, -0.25) is 0 Å². The Morgan fingerprint density at radius 2 is 2.07 bits per heavy atom. The summed E-state index contributed by atoms with van der Waals surface area (Å²) in [5.41, 5.74) is 0. The molecule has 0 fully saturated rings. The third-order valence-corrected chi connectivity index (χ3v) is 1.58. The summed E-state index contributed by atoms with van der Waals surface area (Å²) in [6.45, 7) is 2.04. The molecule has 1 atom stereocenters. The Balaban J connectivity index is 3.44. The molecule has 0 aromatic carbocycles. The minimum Gasteiger partial charge on any atom is -0.385 e. The van der Waals surface area contributed by atoms with Gasteiger partial charge in [0.15, 0.2) is 0 Å². The zero-order valence-corrected chi connectivity index (χ0v) is 8.09. The molecule has 0 aromatic rings. The van der Waals surface area contributed by atoms with E-state index >= 15 is 0 Å². The number of rotatable bonds is 6. The molecule has 0 rings (SSSR count). The Kier molecular flexibility index (Phi) is 7.00. The fourth-order valence-electron chi connectivity index (χ4n) is 0.728. The second-order valence-electron chi connectivity index (χ2n) is 2.89. The van der Waals surface area contributed by atoms with Crippen LogP contribution in [0.5, 0.6) is 0 Å². The van der Waals surface area contributed by atoms with E-state index in [0.717, 1.165) is 12.8 Å². The van der Waals surface area contributed by atoms with E-state index in [-0.39, 0.29) is 0 Å². The van der Waals surface area contributed by atoms with Crippen LogP contribution >= 0.6 is 0 Å². The van der Waals surface area contributed by atoms with Gasteiger partial charge in [0.1, 0.15) is 6.10 Å². The van der Waals surface area contributed by atoms with Gasteiger partial charge >= 0.3 is 6.03 Å². The topological polar surface area (TPSA) is 61.4 Å². The number of nitrogens with one attached hydrogen (secondary N) is 2. The van der Waals surface area contributed by atoms with Gasteiger partial charge in [-0.15, -0.1) is 0 Å². The fraction of sp³-hybridized carbons (Fsp3) is 0.875. The molecule has 3 N–H and O–H groups in total. The first-order valence-electron chi connectivity index (χ1n) is 4.55. The summed E-state index contributed by atoms with van der Waals surface area (Å²) in [5.74, 6) is 0. The molecule has 1 unspecified atom stereocenters. The number of amides is 2. The maximum absolute atomic E-state index is 11.8. The summed E-state index contributed by atoms with van der Waals surface area (Å²) in [7, 11) is 0. The number of alkyl halides is 2. The standard InChI is InChI=1S/C8H16F2N2O2/c1-2-3-4-11-8(14)12-5-6(13)7(9)10/h6-7,13H,2-5H2,1H3,(H2,11,12,14). The molecule has 0 saturated carbocycles. The molecule has 0 radical (unpaired) electrons. The van der Waals surface area contributed by atoms with Crippen molar-refractivity contribution in [2.45, 2.75) is 32.3 Å². The van der Waals surface area contributed by atoms with E-state index in [9.17, 15) is 13.6 Å². The fourth-order valence-corrected chi connectivity index (χ4v) is 0.728. The van der Waals surface area contributed by atoms with Crippen LogP contribution in [0.4, 0.5) is 13.6 Å². The zero-order valence-electron chi connectivity index (χ0n) is 8.09. The molecule has 6 heteroatoms. The highest BCUT2D eigenvalue weighted by Gasteiger charge is 2.16. The molecule has 0 spiro atoms. The summed E-state index contributed by atoms with van der Waals surface area (Å²) in [5, 5.41) is 13.3. The molecule has 2 amide bonds. The minimum atomic E-state index is -2.83. The highest BCUT2D eigenvalue weighted by molar-refractivity contribution is 5.73. The second kappa shape index (κ2) is 7.49. The van der Waals surface area contributed by atoms with E-state index < -0.39 is 25.1 Å². The summed E-state index contributed by atoms with van der Waals surface area (Å²) >= 11 is 0. The normalized spacial score (nSPS) is 12.6. The van der Waals surface area contributed by atoms with Crippen molar-refractivity contribution in [3.8, 4) is 0 Å². The van der Waals surface area contributed by atoms with Gasteiger partial charge in [-0.25, -0.2) is 13.6 Å². The molecule has 0 aromatic heterocycles. The Morgan fingerprint density at radius 3 is 2.57 bits per heavy atom. The van der Waals surface area contributed by atoms with Gasteiger partial charge in [-0.1, -0.05) is 13.3 Å². The van der Waals surface area contributed by atoms with Crippen molar-refractivity contribution in [1.29, 1.82) is 0 Å². The third kappa shape index (κ3) is 6.59. The number of hydrogen-bond donors (Lipinski definition) is 3. The molecule has 0 aliphatic rings. The molecule has 14 heavy (non-hydrogen) atoms. The monoisotopic (exact) mass is 210 g/mol. The minimum absolute atomic E-state index is 0.435. The van der Waals surface area contributed by atoms with Gasteiger partial charge < -0.3 is 15.7 Å². The summed E-state index contributed by atoms with van der Waals surface area (Å²) in [6.07, 6.45) is -2.84. The number of carbonyl (C=O) groups is 1. The van der Waals surface area contributed by atoms with Crippen LogP contribution < -0.4 is 10.6 Å². The van der Waals surface area contributed by atoms with Crippen molar-refractivity contribution in [3.63, 3.8) is 0 Å². The predicted octanol–water partition coefficient (Wildman–Crippen LogP) is 0.712. The van der Waals surface area contributed by atoms with Crippen LogP contribution in [0.3, 0.4) is 0 Å². The van der Waals surface area contributed by atoms with Gasteiger partial charge in [-0.2, -0.15) is 0 Å². The molecule has 0 saturated heterocycles. The zero-order chi connectivity index (χ0) is 11.0. The van der Waals surface area contributed by atoms with Crippen LogP contribution in [-0.4, -0.2) is 36.8 Å². The van der Waals surface area contributed by atoms with Crippen molar-refractivity contribution in [3.05, 3.63) is 0 Å². The van der Waals surface area contributed by atoms with E-state index in [1.165, 1.54) is 0 Å². The molecular weight excluding hydrogens is 194 g/mol. The largest absolute Gasteiger partial charge is 0.385 e. The number of aliphatic hydroxyl groups excluding tert-OH is 1. The maximum atomic E-state index is 11.8.